The number of urea groups is 1. The molecule has 0 aromatic rings. The molecule has 17 heavy (non-hydrogen) atoms. The Morgan fingerprint density at radius 1 is 1.35 bits per heavy atom. The van der Waals surface area contributed by atoms with Gasteiger partial charge in [0.2, 0.25) is 0 Å². The van der Waals surface area contributed by atoms with Gasteiger partial charge in [0.05, 0.1) is 0 Å². The molecule has 2 N–H and O–H groups in total. The van der Waals surface area contributed by atoms with E-state index in [1.54, 1.807) is 11.8 Å². The lowest BCUT2D eigenvalue weighted by molar-refractivity contribution is -0.137. The van der Waals surface area contributed by atoms with E-state index in [1.165, 1.54) is 4.90 Å². The molecule has 0 unspecified atom stereocenters. The van der Waals surface area contributed by atoms with Crippen molar-refractivity contribution in [2.24, 2.45) is 5.92 Å². The number of piperidine rings is 1. The molecule has 98 valence electrons. The Hall–Kier alpha value is -1.30. The monoisotopic (exact) mass is 244 g/mol. The summed E-state index contributed by atoms with van der Waals surface area (Å²) in [6.45, 7) is 3.26. The fourth-order valence-corrected chi connectivity index (χ4v) is 1.98. The summed E-state index contributed by atoms with van der Waals surface area (Å²) < 4.78 is 0. The average Bonchev–Trinajstić information content (AvgIpc) is 2.35. The van der Waals surface area contributed by atoms with Crippen molar-refractivity contribution in [3.05, 3.63) is 0 Å². The number of aliphatic carboxylic acids is 1. The lowest BCUT2D eigenvalue weighted by Gasteiger charge is -2.34. The van der Waals surface area contributed by atoms with Gasteiger partial charge in [0.25, 0.3) is 0 Å². The standard InChI is InChI=1S/C11H20N2O4/c1-2-12(7-10(15)16)11(17)13-5-3-9(8-14)4-6-13/h9,14H,2-8H2,1H3,(H,15,16). The number of carboxylic acid groups (broad SMARTS) is 1. The molecule has 1 fully saturated rings. The molecule has 1 heterocycles. The highest BCUT2D eigenvalue weighted by atomic mass is 16.4. The molecule has 1 aliphatic heterocycles. The predicted molar refractivity (Wildman–Crippen MR) is 61.7 cm³/mol. The van der Waals surface area contributed by atoms with Gasteiger partial charge in [0.1, 0.15) is 6.54 Å². The first-order chi connectivity index (χ1) is 8.08. The Balaban J connectivity index is 2.48. The number of carbonyl (C=O) groups is 2. The molecule has 1 aliphatic rings. The summed E-state index contributed by atoms with van der Waals surface area (Å²) in [6.07, 6.45) is 1.57. The van der Waals surface area contributed by atoms with Crippen LogP contribution in [0.1, 0.15) is 19.8 Å². The van der Waals surface area contributed by atoms with Crippen LogP contribution in [0, 0.1) is 5.92 Å². The van der Waals surface area contributed by atoms with Gasteiger partial charge in [0.15, 0.2) is 0 Å². The number of hydrogen-bond acceptors (Lipinski definition) is 3. The van der Waals surface area contributed by atoms with Gasteiger partial charge in [-0.05, 0) is 25.7 Å². The number of aliphatic hydroxyl groups excluding tert-OH is 1. The number of likely N-dealkylation sites (tertiary alicyclic amines) is 1. The van der Waals surface area contributed by atoms with Gasteiger partial charge in [-0.25, -0.2) is 4.79 Å². The minimum absolute atomic E-state index is 0.161. The minimum Gasteiger partial charge on any atom is -0.480 e. The second-order valence-corrected chi connectivity index (χ2v) is 4.30. The number of amides is 2. The van der Waals surface area contributed by atoms with Crippen molar-refractivity contribution >= 4 is 12.0 Å². The predicted octanol–water partition coefficient (Wildman–Crippen LogP) is 0.217. The molecule has 1 saturated heterocycles. The van der Waals surface area contributed by atoms with E-state index in [1.807, 2.05) is 0 Å². The summed E-state index contributed by atoms with van der Waals surface area (Å²) in [5.41, 5.74) is 0. The van der Waals surface area contributed by atoms with Crippen LogP contribution in [0.4, 0.5) is 4.79 Å². The van der Waals surface area contributed by atoms with E-state index < -0.39 is 5.97 Å². The number of carboxylic acids is 1. The van der Waals surface area contributed by atoms with E-state index in [0.717, 1.165) is 12.8 Å². The molecule has 6 nitrogen and oxygen atoms in total. The van der Waals surface area contributed by atoms with Crippen molar-refractivity contribution in [3.8, 4) is 0 Å². The van der Waals surface area contributed by atoms with Gasteiger partial charge >= 0.3 is 12.0 Å². The first-order valence-electron chi connectivity index (χ1n) is 5.95. The Morgan fingerprint density at radius 3 is 2.35 bits per heavy atom. The van der Waals surface area contributed by atoms with Crippen LogP contribution in [0.2, 0.25) is 0 Å². The molecule has 0 saturated carbocycles. The molecule has 0 atom stereocenters. The summed E-state index contributed by atoms with van der Waals surface area (Å²) in [5.74, 6) is -0.723. The first kappa shape index (κ1) is 13.8. The highest BCUT2D eigenvalue weighted by Gasteiger charge is 2.26. The summed E-state index contributed by atoms with van der Waals surface area (Å²) in [7, 11) is 0. The molecular formula is C11H20N2O4. The normalized spacial score (nSPS) is 16.9. The van der Waals surface area contributed by atoms with Crippen LogP contribution >= 0.6 is 0 Å². The van der Waals surface area contributed by atoms with E-state index >= 15 is 0 Å². The number of hydrogen-bond donors (Lipinski definition) is 2. The maximum absolute atomic E-state index is 12.0. The third kappa shape index (κ3) is 3.89. The fourth-order valence-electron chi connectivity index (χ4n) is 1.98. The van der Waals surface area contributed by atoms with Crippen molar-refractivity contribution in [1.29, 1.82) is 0 Å². The number of rotatable bonds is 4. The zero-order valence-electron chi connectivity index (χ0n) is 10.1. The zero-order chi connectivity index (χ0) is 12.8. The van der Waals surface area contributed by atoms with E-state index in [-0.39, 0.29) is 25.1 Å². The van der Waals surface area contributed by atoms with Crippen LogP contribution in [-0.2, 0) is 4.79 Å². The van der Waals surface area contributed by atoms with E-state index in [0.29, 0.717) is 19.6 Å². The van der Waals surface area contributed by atoms with Gasteiger partial charge in [-0.2, -0.15) is 0 Å². The van der Waals surface area contributed by atoms with Gasteiger partial charge in [0, 0.05) is 26.2 Å². The maximum Gasteiger partial charge on any atom is 0.323 e. The van der Waals surface area contributed by atoms with Crippen LogP contribution in [0.3, 0.4) is 0 Å². The molecule has 1 rings (SSSR count). The highest BCUT2D eigenvalue weighted by Crippen LogP contribution is 2.17. The minimum atomic E-state index is -0.995. The molecule has 0 radical (unpaired) electrons. The molecular weight excluding hydrogens is 224 g/mol. The average molecular weight is 244 g/mol. The topological polar surface area (TPSA) is 81.1 Å². The molecule has 0 aliphatic carbocycles. The molecule has 0 aromatic carbocycles. The van der Waals surface area contributed by atoms with Gasteiger partial charge in [-0.3, -0.25) is 4.79 Å². The third-order valence-corrected chi connectivity index (χ3v) is 3.12. The molecule has 0 aromatic heterocycles. The largest absolute Gasteiger partial charge is 0.480 e. The third-order valence-electron chi connectivity index (χ3n) is 3.12. The fraction of sp³-hybridized carbons (Fsp3) is 0.818. The van der Waals surface area contributed by atoms with Crippen molar-refractivity contribution in [3.63, 3.8) is 0 Å². The maximum atomic E-state index is 12.0. The van der Waals surface area contributed by atoms with Crippen LogP contribution in [-0.4, -0.2) is 64.8 Å². The van der Waals surface area contributed by atoms with Gasteiger partial charge in [-0.1, -0.05) is 0 Å². The highest BCUT2D eigenvalue weighted by molar-refractivity contribution is 5.80. The Morgan fingerprint density at radius 2 is 1.94 bits per heavy atom. The summed E-state index contributed by atoms with van der Waals surface area (Å²) in [4.78, 5) is 25.6. The SMILES string of the molecule is CCN(CC(=O)O)C(=O)N1CCC(CO)CC1. The summed E-state index contributed by atoms with van der Waals surface area (Å²) in [5, 5.41) is 17.7. The smallest absolute Gasteiger partial charge is 0.323 e. The molecule has 0 spiro atoms. The number of aliphatic hydroxyl groups is 1. The van der Waals surface area contributed by atoms with E-state index in [2.05, 4.69) is 0 Å². The van der Waals surface area contributed by atoms with Crippen molar-refractivity contribution in [1.82, 2.24) is 9.80 Å². The second-order valence-electron chi connectivity index (χ2n) is 4.30. The number of likely N-dealkylation sites (N-methyl/N-ethyl adjacent to an activating group) is 1. The van der Waals surface area contributed by atoms with Crippen molar-refractivity contribution in [2.45, 2.75) is 19.8 Å². The number of carbonyl (C=O) groups excluding carboxylic acids is 1. The lowest BCUT2D eigenvalue weighted by Crippen LogP contribution is -2.48. The summed E-state index contributed by atoms with van der Waals surface area (Å²) in [6, 6.07) is -0.216. The Bertz CT molecular complexity index is 275. The quantitative estimate of drug-likeness (QED) is 0.741. The van der Waals surface area contributed by atoms with Gasteiger partial charge < -0.3 is 20.0 Å². The Labute approximate surface area is 101 Å². The van der Waals surface area contributed by atoms with E-state index in [4.69, 9.17) is 10.2 Å². The van der Waals surface area contributed by atoms with Crippen molar-refractivity contribution < 1.29 is 19.8 Å². The van der Waals surface area contributed by atoms with E-state index in [9.17, 15) is 9.59 Å². The van der Waals surface area contributed by atoms with Crippen LogP contribution in [0.25, 0.3) is 0 Å². The van der Waals surface area contributed by atoms with Crippen LogP contribution in [0.5, 0.6) is 0 Å². The lowest BCUT2D eigenvalue weighted by atomic mass is 9.98. The molecule has 6 heteroatoms. The summed E-state index contributed by atoms with van der Waals surface area (Å²) >= 11 is 0. The second kappa shape index (κ2) is 6.44. The van der Waals surface area contributed by atoms with Crippen molar-refractivity contribution in [2.75, 3.05) is 32.8 Å². The molecule has 0 bridgehead atoms. The van der Waals surface area contributed by atoms with Crippen LogP contribution in [0.15, 0.2) is 0 Å². The van der Waals surface area contributed by atoms with Gasteiger partial charge in [-0.15, -0.1) is 0 Å². The molecule has 2 amide bonds. The Kier molecular flexibility index (Phi) is 5.21. The van der Waals surface area contributed by atoms with Crippen LogP contribution < -0.4 is 0 Å². The zero-order valence-corrected chi connectivity index (χ0v) is 10.1. The first-order valence-corrected chi connectivity index (χ1v) is 5.95. The number of nitrogens with zero attached hydrogens (tertiary/aromatic N) is 2.